The molecule has 0 aliphatic heterocycles. The number of rotatable bonds is 4. The van der Waals surface area contributed by atoms with Gasteiger partial charge in [-0.05, 0) is 25.7 Å². The molecule has 0 amide bonds. The molecule has 2 atom stereocenters. The third kappa shape index (κ3) is 3.58. The van der Waals surface area contributed by atoms with Crippen LogP contribution >= 0.6 is 0 Å². The van der Waals surface area contributed by atoms with E-state index in [1.54, 1.807) is 6.33 Å². The van der Waals surface area contributed by atoms with Gasteiger partial charge in [0.05, 0.1) is 6.61 Å². The van der Waals surface area contributed by atoms with Crippen LogP contribution < -0.4 is 10.1 Å². The first-order chi connectivity index (χ1) is 8.28. The van der Waals surface area contributed by atoms with E-state index in [-0.39, 0.29) is 0 Å². The molecule has 0 radical (unpaired) electrons. The first-order valence-electron chi connectivity index (χ1n) is 6.49. The van der Waals surface area contributed by atoms with Crippen LogP contribution in [-0.4, -0.2) is 22.6 Å². The summed E-state index contributed by atoms with van der Waals surface area (Å²) in [4.78, 5) is 8.30. The van der Waals surface area contributed by atoms with Gasteiger partial charge in [0.1, 0.15) is 12.1 Å². The minimum atomic E-state index is 0.545. The van der Waals surface area contributed by atoms with Crippen LogP contribution in [0.2, 0.25) is 0 Å². The molecule has 0 spiro atoms. The Morgan fingerprint density at radius 2 is 2.29 bits per heavy atom. The lowest BCUT2D eigenvalue weighted by Gasteiger charge is -2.27. The zero-order chi connectivity index (χ0) is 12.1. The topological polar surface area (TPSA) is 47.0 Å². The fourth-order valence-corrected chi connectivity index (χ4v) is 2.42. The zero-order valence-electron chi connectivity index (χ0n) is 10.6. The minimum absolute atomic E-state index is 0.545. The van der Waals surface area contributed by atoms with Crippen LogP contribution in [0.3, 0.4) is 0 Å². The van der Waals surface area contributed by atoms with Crippen LogP contribution in [0.4, 0.5) is 5.82 Å². The molecule has 2 rings (SSSR count). The van der Waals surface area contributed by atoms with Crippen molar-refractivity contribution in [1.29, 1.82) is 0 Å². The maximum absolute atomic E-state index is 5.37. The van der Waals surface area contributed by atoms with Crippen LogP contribution in [0.25, 0.3) is 0 Å². The van der Waals surface area contributed by atoms with Crippen LogP contribution in [0, 0.1) is 5.92 Å². The fraction of sp³-hybridized carbons (Fsp3) is 0.692. The highest BCUT2D eigenvalue weighted by Crippen LogP contribution is 2.26. The summed E-state index contributed by atoms with van der Waals surface area (Å²) in [6.45, 7) is 4.91. The Balaban J connectivity index is 1.95. The second-order valence-electron chi connectivity index (χ2n) is 4.79. The monoisotopic (exact) mass is 235 g/mol. The summed E-state index contributed by atoms with van der Waals surface area (Å²) < 4.78 is 5.37. The molecule has 1 saturated carbocycles. The molecule has 2 unspecified atom stereocenters. The van der Waals surface area contributed by atoms with Crippen LogP contribution in [0.5, 0.6) is 5.88 Å². The van der Waals surface area contributed by atoms with E-state index in [9.17, 15) is 0 Å². The van der Waals surface area contributed by atoms with Crippen molar-refractivity contribution in [3.05, 3.63) is 12.4 Å². The molecule has 0 bridgehead atoms. The van der Waals surface area contributed by atoms with E-state index in [1.165, 1.54) is 25.7 Å². The van der Waals surface area contributed by atoms with Gasteiger partial charge in [0.25, 0.3) is 0 Å². The fourth-order valence-electron chi connectivity index (χ4n) is 2.42. The van der Waals surface area contributed by atoms with Crippen molar-refractivity contribution in [1.82, 2.24) is 9.97 Å². The Kier molecular flexibility index (Phi) is 4.18. The number of anilines is 1. The predicted molar refractivity (Wildman–Crippen MR) is 68.2 cm³/mol. The molecule has 0 aromatic carbocycles. The van der Waals surface area contributed by atoms with Crippen LogP contribution in [0.1, 0.15) is 39.5 Å². The summed E-state index contributed by atoms with van der Waals surface area (Å²) in [5.74, 6) is 2.34. The summed E-state index contributed by atoms with van der Waals surface area (Å²) in [5, 5.41) is 3.48. The summed E-state index contributed by atoms with van der Waals surface area (Å²) in [7, 11) is 0. The van der Waals surface area contributed by atoms with E-state index in [0.717, 1.165) is 11.7 Å². The Labute approximate surface area is 103 Å². The van der Waals surface area contributed by atoms with Crippen molar-refractivity contribution in [3.8, 4) is 5.88 Å². The first-order valence-corrected chi connectivity index (χ1v) is 6.49. The molecular weight excluding hydrogens is 214 g/mol. The Hall–Kier alpha value is -1.32. The van der Waals surface area contributed by atoms with Crippen molar-refractivity contribution >= 4 is 5.82 Å². The van der Waals surface area contributed by atoms with Gasteiger partial charge in [-0.2, -0.15) is 0 Å². The summed E-state index contributed by atoms with van der Waals surface area (Å²) >= 11 is 0. The van der Waals surface area contributed by atoms with Gasteiger partial charge in [-0.1, -0.05) is 19.8 Å². The summed E-state index contributed by atoms with van der Waals surface area (Å²) in [5.41, 5.74) is 0. The number of nitrogens with zero attached hydrogens (tertiary/aromatic N) is 2. The van der Waals surface area contributed by atoms with Crippen molar-refractivity contribution in [2.75, 3.05) is 11.9 Å². The van der Waals surface area contributed by atoms with E-state index in [1.807, 2.05) is 13.0 Å². The second kappa shape index (κ2) is 5.84. The highest BCUT2D eigenvalue weighted by Gasteiger charge is 2.18. The third-order valence-corrected chi connectivity index (χ3v) is 3.22. The molecule has 0 saturated heterocycles. The standard InChI is InChI=1S/C13H21N3O/c1-3-17-13-8-12(14-9-15-13)16-11-6-4-5-10(2)7-11/h8-11H,3-7H2,1-2H3,(H,14,15,16). The first kappa shape index (κ1) is 12.1. The normalized spacial score (nSPS) is 24.4. The van der Waals surface area contributed by atoms with Crippen molar-refractivity contribution in [3.63, 3.8) is 0 Å². The van der Waals surface area contributed by atoms with Crippen LogP contribution in [0.15, 0.2) is 12.4 Å². The molecule has 17 heavy (non-hydrogen) atoms. The second-order valence-corrected chi connectivity index (χ2v) is 4.79. The molecule has 1 heterocycles. The number of nitrogens with one attached hydrogen (secondary N) is 1. The maximum atomic E-state index is 5.37. The molecule has 1 aromatic heterocycles. The average molecular weight is 235 g/mol. The lowest BCUT2D eigenvalue weighted by atomic mass is 9.87. The van der Waals surface area contributed by atoms with E-state index in [2.05, 4.69) is 22.2 Å². The van der Waals surface area contributed by atoms with Gasteiger partial charge in [-0.3, -0.25) is 0 Å². The Bertz CT molecular complexity index is 356. The SMILES string of the molecule is CCOc1cc(NC2CCCC(C)C2)ncn1. The van der Waals surface area contributed by atoms with Gasteiger partial charge >= 0.3 is 0 Å². The van der Waals surface area contributed by atoms with Gasteiger partial charge in [-0.25, -0.2) is 9.97 Å². The molecule has 1 aliphatic rings. The average Bonchev–Trinajstić information content (AvgIpc) is 2.30. The van der Waals surface area contributed by atoms with Crippen molar-refractivity contribution in [2.24, 2.45) is 5.92 Å². The van der Waals surface area contributed by atoms with E-state index in [0.29, 0.717) is 18.5 Å². The number of hydrogen-bond acceptors (Lipinski definition) is 4. The molecule has 94 valence electrons. The number of hydrogen-bond donors (Lipinski definition) is 1. The van der Waals surface area contributed by atoms with Gasteiger partial charge in [0, 0.05) is 12.1 Å². The highest BCUT2D eigenvalue weighted by molar-refractivity contribution is 5.38. The van der Waals surface area contributed by atoms with Crippen LogP contribution in [-0.2, 0) is 0 Å². The molecule has 4 heteroatoms. The van der Waals surface area contributed by atoms with Gasteiger partial charge in [0.2, 0.25) is 5.88 Å². The number of aromatic nitrogens is 2. The zero-order valence-corrected chi connectivity index (χ0v) is 10.6. The molecule has 4 nitrogen and oxygen atoms in total. The van der Waals surface area contributed by atoms with Crippen molar-refractivity contribution < 1.29 is 4.74 Å². The summed E-state index contributed by atoms with van der Waals surface area (Å²) in [6, 6.07) is 2.42. The van der Waals surface area contributed by atoms with E-state index >= 15 is 0 Å². The Morgan fingerprint density at radius 3 is 3.06 bits per heavy atom. The minimum Gasteiger partial charge on any atom is -0.478 e. The third-order valence-electron chi connectivity index (χ3n) is 3.22. The molecular formula is C13H21N3O. The molecule has 1 fully saturated rings. The van der Waals surface area contributed by atoms with Gasteiger partial charge < -0.3 is 10.1 Å². The smallest absolute Gasteiger partial charge is 0.218 e. The molecule has 1 aliphatic carbocycles. The largest absolute Gasteiger partial charge is 0.478 e. The van der Waals surface area contributed by atoms with E-state index < -0.39 is 0 Å². The molecule has 1 aromatic rings. The van der Waals surface area contributed by atoms with E-state index in [4.69, 9.17) is 4.74 Å². The van der Waals surface area contributed by atoms with Gasteiger partial charge in [-0.15, -0.1) is 0 Å². The summed E-state index contributed by atoms with van der Waals surface area (Å²) in [6.07, 6.45) is 6.68. The van der Waals surface area contributed by atoms with Crippen molar-refractivity contribution in [2.45, 2.75) is 45.6 Å². The number of ether oxygens (including phenoxy) is 1. The molecule has 1 N–H and O–H groups in total. The van der Waals surface area contributed by atoms with Gasteiger partial charge in [0.15, 0.2) is 0 Å². The Morgan fingerprint density at radius 1 is 1.41 bits per heavy atom. The highest BCUT2D eigenvalue weighted by atomic mass is 16.5. The predicted octanol–water partition coefficient (Wildman–Crippen LogP) is 2.87. The lowest BCUT2D eigenvalue weighted by Crippen LogP contribution is -2.26. The maximum Gasteiger partial charge on any atom is 0.218 e. The lowest BCUT2D eigenvalue weighted by molar-refractivity contribution is 0.326. The quantitative estimate of drug-likeness (QED) is 0.871.